The number of hydrogen-bond donors (Lipinski definition) is 0. The Labute approximate surface area is 256 Å². The minimum Gasteiger partial charge on any atom is -0.455 e. The van der Waals surface area contributed by atoms with Crippen LogP contribution in [0.4, 0.5) is 0 Å². The number of aromatic nitrogens is 1. The highest BCUT2D eigenvalue weighted by atomic mass is 16.3. The number of furan rings is 1. The highest BCUT2D eigenvalue weighted by molar-refractivity contribution is 6.08. The van der Waals surface area contributed by atoms with Gasteiger partial charge in [0, 0.05) is 39.4 Å². The highest BCUT2D eigenvalue weighted by Crippen LogP contribution is 2.56. The summed E-state index contributed by atoms with van der Waals surface area (Å²) < 4.78 is 8.97. The highest BCUT2D eigenvalue weighted by Gasteiger charge is 2.44. The number of hydrogen-bond acceptors (Lipinski definition) is 1. The second-order valence-electron chi connectivity index (χ2n) is 13.3. The van der Waals surface area contributed by atoms with Crippen LogP contribution in [0.3, 0.4) is 0 Å². The Balaban J connectivity index is 1.11. The molecule has 0 N–H and O–H groups in total. The average Bonchev–Trinajstić information content (AvgIpc) is 3.77. The molecule has 1 atom stereocenters. The van der Waals surface area contributed by atoms with Gasteiger partial charge in [0.1, 0.15) is 11.2 Å². The zero-order valence-corrected chi connectivity index (χ0v) is 24.9. The Morgan fingerprint density at radius 3 is 2.41 bits per heavy atom. The molecule has 0 radical (unpaired) electrons. The van der Waals surface area contributed by atoms with Crippen molar-refractivity contribution in [2.45, 2.75) is 32.1 Å². The molecule has 0 aliphatic heterocycles. The molecule has 0 bridgehead atoms. The van der Waals surface area contributed by atoms with Gasteiger partial charge < -0.3 is 8.98 Å². The van der Waals surface area contributed by atoms with Crippen molar-refractivity contribution < 1.29 is 4.42 Å². The summed E-state index contributed by atoms with van der Waals surface area (Å²) in [5.74, 6) is 0.403. The average molecular weight is 566 g/mol. The lowest BCUT2D eigenvalue weighted by atomic mass is 9.72. The maximum Gasteiger partial charge on any atom is 0.142 e. The molecular weight excluding hydrogens is 534 g/mol. The molecule has 5 aromatic carbocycles. The van der Waals surface area contributed by atoms with Crippen molar-refractivity contribution in [3.8, 4) is 16.9 Å². The molecule has 210 valence electrons. The third-order valence-electron chi connectivity index (χ3n) is 10.8. The Morgan fingerprint density at radius 2 is 1.48 bits per heavy atom. The Kier molecular flexibility index (Phi) is 4.72. The maximum absolute atomic E-state index is 6.45. The van der Waals surface area contributed by atoms with E-state index in [0.717, 1.165) is 24.0 Å². The first-order chi connectivity index (χ1) is 21.6. The number of allylic oxidation sites excluding steroid dienone is 4. The van der Waals surface area contributed by atoms with Crippen LogP contribution in [-0.2, 0) is 11.8 Å². The summed E-state index contributed by atoms with van der Waals surface area (Å²) in [4.78, 5) is 0. The van der Waals surface area contributed by atoms with Crippen LogP contribution in [0.15, 0.2) is 126 Å². The van der Waals surface area contributed by atoms with E-state index in [-0.39, 0.29) is 5.41 Å². The lowest BCUT2D eigenvalue weighted by Gasteiger charge is -2.31. The van der Waals surface area contributed by atoms with Gasteiger partial charge in [0.15, 0.2) is 0 Å². The fourth-order valence-electron chi connectivity index (χ4n) is 8.60. The van der Waals surface area contributed by atoms with Gasteiger partial charge >= 0.3 is 0 Å². The molecular formula is C42H31NO. The number of benzene rings is 5. The summed E-state index contributed by atoms with van der Waals surface area (Å²) in [6.45, 7) is 4.89. The van der Waals surface area contributed by atoms with Crippen molar-refractivity contribution in [3.05, 3.63) is 149 Å². The van der Waals surface area contributed by atoms with E-state index in [1.807, 2.05) is 0 Å². The molecule has 0 saturated carbocycles. The van der Waals surface area contributed by atoms with Gasteiger partial charge in [0.2, 0.25) is 0 Å². The van der Waals surface area contributed by atoms with Crippen LogP contribution in [0.25, 0.3) is 60.9 Å². The van der Waals surface area contributed by atoms with Gasteiger partial charge in [0.25, 0.3) is 0 Å². The van der Waals surface area contributed by atoms with Gasteiger partial charge in [-0.1, -0.05) is 111 Å². The summed E-state index contributed by atoms with van der Waals surface area (Å²) in [6, 6.07) is 40.1. The summed E-state index contributed by atoms with van der Waals surface area (Å²) in [5.41, 5.74) is 17.0. The van der Waals surface area contributed by atoms with Crippen LogP contribution in [0.2, 0.25) is 0 Å². The van der Waals surface area contributed by atoms with Gasteiger partial charge in [-0.2, -0.15) is 0 Å². The Morgan fingerprint density at radius 1 is 0.705 bits per heavy atom. The molecule has 3 aliphatic carbocycles. The van der Waals surface area contributed by atoms with Gasteiger partial charge in [-0.3, -0.25) is 0 Å². The van der Waals surface area contributed by atoms with E-state index in [4.69, 9.17) is 4.42 Å². The van der Waals surface area contributed by atoms with Gasteiger partial charge in [-0.25, -0.2) is 0 Å². The molecule has 2 nitrogen and oxygen atoms in total. The molecule has 3 aliphatic rings. The third-order valence-corrected chi connectivity index (χ3v) is 10.8. The monoisotopic (exact) mass is 565 g/mol. The van der Waals surface area contributed by atoms with Crippen molar-refractivity contribution in [3.63, 3.8) is 0 Å². The first-order valence-corrected chi connectivity index (χ1v) is 15.8. The second-order valence-corrected chi connectivity index (χ2v) is 13.3. The SMILES string of the molecule is CC1(C)c2cc(-n3c4c(c5ccccc53)Cc3ccccc3-4)ccc2C2=CC=C(c3cccc4c3oc3ccccc34)CC21. The molecule has 1 unspecified atom stereocenters. The van der Waals surface area contributed by atoms with Crippen molar-refractivity contribution in [1.82, 2.24) is 4.57 Å². The zero-order chi connectivity index (χ0) is 29.2. The van der Waals surface area contributed by atoms with Crippen LogP contribution in [0.5, 0.6) is 0 Å². The largest absolute Gasteiger partial charge is 0.455 e. The zero-order valence-electron chi connectivity index (χ0n) is 24.9. The summed E-state index contributed by atoms with van der Waals surface area (Å²) in [5, 5.41) is 3.74. The van der Waals surface area contributed by atoms with Crippen molar-refractivity contribution in [2.75, 3.05) is 0 Å². The van der Waals surface area contributed by atoms with Crippen LogP contribution in [0.1, 0.15) is 48.1 Å². The first-order valence-electron chi connectivity index (χ1n) is 15.8. The normalized spacial score (nSPS) is 17.8. The number of nitrogens with zero attached hydrogens (tertiary/aromatic N) is 1. The number of para-hydroxylation sites is 3. The van der Waals surface area contributed by atoms with E-state index in [1.165, 1.54) is 77.6 Å². The lowest BCUT2D eigenvalue weighted by molar-refractivity contribution is 0.418. The topological polar surface area (TPSA) is 18.1 Å². The molecule has 7 aromatic rings. The van der Waals surface area contributed by atoms with E-state index in [9.17, 15) is 0 Å². The molecule has 0 amide bonds. The predicted molar refractivity (Wildman–Crippen MR) is 182 cm³/mol. The van der Waals surface area contributed by atoms with Gasteiger partial charge in [0.05, 0.1) is 11.2 Å². The fraction of sp³-hybridized carbons (Fsp3) is 0.143. The van der Waals surface area contributed by atoms with Crippen LogP contribution >= 0.6 is 0 Å². The molecule has 44 heavy (non-hydrogen) atoms. The number of fused-ring (bicyclic) bond motifs is 11. The van der Waals surface area contributed by atoms with E-state index in [1.54, 1.807) is 0 Å². The van der Waals surface area contributed by atoms with Crippen molar-refractivity contribution in [2.24, 2.45) is 5.92 Å². The van der Waals surface area contributed by atoms with Crippen LogP contribution in [-0.4, -0.2) is 4.57 Å². The quantitative estimate of drug-likeness (QED) is 0.204. The maximum atomic E-state index is 6.45. The number of rotatable bonds is 2. The molecule has 0 fully saturated rings. The minimum atomic E-state index is -0.0114. The van der Waals surface area contributed by atoms with E-state index < -0.39 is 0 Å². The summed E-state index contributed by atoms with van der Waals surface area (Å²) in [7, 11) is 0. The van der Waals surface area contributed by atoms with E-state index >= 15 is 0 Å². The summed E-state index contributed by atoms with van der Waals surface area (Å²) >= 11 is 0. The van der Waals surface area contributed by atoms with Crippen LogP contribution in [0, 0.1) is 5.92 Å². The molecule has 2 aromatic heterocycles. The molecule has 2 heteroatoms. The molecule has 0 saturated heterocycles. The smallest absolute Gasteiger partial charge is 0.142 e. The predicted octanol–water partition coefficient (Wildman–Crippen LogP) is 10.9. The van der Waals surface area contributed by atoms with Gasteiger partial charge in [-0.05, 0) is 75.4 Å². The third kappa shape index (κ3) is 3.10. The lowest BCUT2D eigenvalue weighted by Crippen LogP contribution is -2.25. The van der Waals surface area contributed by atoms with Gasteiger partial charge in [-0.15, -0.1) is 0 Å². The Bertz CT molecular complexity index is 2420. The first kappa shape index (κ1) is 24.4. The van der Waals surface area contributed by atoms with Crippen molar-refractivity contribution >= 4 is 44.0 Å². The fourth-order valence-corrected chi connectivity index (χ4v) is 8.60. The molecule has 2 heterocycles. The standard InChI is InChI=1S/C42H31NO/c1-42(2)36-23-26(29-14-9-15-34-33-13-6-8-17-39(33)44-41(29)34)18-20-30(36)31-21-19-27(24-37(31)42)43-38-16-7-5-12-32(38)35-22-25-10-3-4-11-28(25)40(35)43/h3-21,24,36H,22-23H2,1-2H3. The molecule has 10 rings (SSSR count). The van der Waals surface area contributed by atoms with Crippen molar-refractivity contribution in [1.29, 1.82) is 0 Å². The summed E-state index contributed by atoms with van der Waals surface area (Å²) in [6.07, 6.45) is 6.72. The second kappa shape index (κ2) is 8.51. The molecule has 0 spiro atoms. The van der Waals surface area contributed by atoms with Crippen LogP contribution < -0.4 is 0 Å². The minimum absolute atomic E-state index is 0.0114. The Hall–Kier alpha value is -5.08. The van der Waals surface area contributed by atoms with E-state index in [2.05, 4.69) is 140 Å². The van der Waals surface area contributed by atoms with E-state index in [0.29, 0.717) is 5.92 Å².